The van der Waals surface area contributed by atoms with Crippen molar-refractivity contribution in [3.8, 4) is 5.75 Å². The summed E-state index contributed by atoms with van der Waals surface area (Å²) in [7, 11) is -0.363. The van der Waals surface area contributed by atoms with Gasteiger partial charge in [-0.15, -0.1) is 0 Å². The summed E-state index contributed by atoms with van der Waals surface area (Å²) < 4.78 is 36.3. The monoisotopic (exact) mass is 388 g/mol. The molecule has 9 heteroatoms. The number of ether oxygens (including phenoxy) is 1. The number of pyridine rings is 1. The summed E-state index contributed by atoms with van der Waals surface area (Å²) in [6, 6.07) is 8.35. The lowest BCUT2D eigenvalue weighted by Crippen LogP contribution is -2.31. The average Bonchev–Trinajstić information content (AvgIpc) is 3.23. The van der Waals surface area contributed by atoms with Gasteiger partial charge in [0, 0.05) is 26.8 Å². The Kier molecular flexibility index (Phi) is 4.27. The van der Waals surface area contributed by atoms with Crippen LogP contribution in [0.15, 0.2) is 52.4 Å². The molecule has 142 valence electrons. The SMILES string of the molecule is Cn1c(=O)n(C)c2cc(S(=O)(=O)N3CC[C@@H](Oc4cccnc4)C3)ccc21. The molecular formula is C18H20N4O4S. The number of hydrogen-bond acceptors (Lipinski definition) is 5. The van der Waals surface area contributed by atoms with Gasteiger partial charge in [0.05, 0.1) is 28.7 Å². The van der Waals surface area contributed by atoms with E-state index in [0.717, 1.165) is 0 Å². The predicted octanol–water partition coefficient (Wildman–Crippen LogP) is 1.11. The number of nitrogens with zero attached hydrogens (tertiary/aromatic N) is 4. The first-order chi connectivity index (χ1) is 12.9. The van der Waals surface area contributed by atoms with Gasteiger partial charge >= 0.3 is 5.69 Å². The van der Waals surface area contributed by atoms with Crippen LogP contribution in [0.25, 0.3) is 11.0 Å². The zero-order valence-electron chi connectivity index (χ0n) is 15.1. The van der Waals surface area contributed by atoms with Gasteiger partial charge in [0.15, 0.2) is 0 Å². The fourth-order valence-electron chi connectivity index (χ4n) is 3.42. The average molecular weight is 388 g/mol. The lowest BCUT2D eigenvalue weighted by molar-refractivity contribution is 0.214. The van der Waals surface area contributed by atoms with Gasteiger partial charge in [0.2, 0.25) is 10.0 Å². The Morgan fingerprint density at radius 3 is 2.67 bits per heavy atom. The lowest BCUT2D eigenvalue weighted by atomic mass is 10.3. The molecule has 0 spiro atoms. The third kappa shape index (κ3) is 3.02. The van der Waals surface area contributed by atoms with Gasteiger partial charge in [-0.25, -0.2) is 13.2 Å². The second-order valence-corrected chi connectivity index (χ2v) is 8.57. The summed E-state index contributed by atoms with van der Waals surface area (Å²) in [5, 5.41) is 0. The normalized spacial score (nSPS) is 18.2. The van der Waals surface area contributed by atoms with Gasteiger partial charge in [-0.1, -0.05) is 0 Å². The fourth-order valence-corrected chi connectivity index (χ4v) is 4.92. The van der Waals surface area contributed by atoms with E-state index in [0.29, 0.717) is 29.7 Å². The van der Waals surface area contributed by atoms with E-state index >= 15 is 0 Å². The zero-order chi connectivity index (χ0) is 19.2. The molecule has 0 N–H and O–H groups in total. The van der Waals surface area contributed by atoms with E-state index < -0.39 is 10.0 Å². The highest BCUT2D eigenvalue weighted by molar-refractivity contribution is 7.89. The standard InChI is InChI=1S/C18H20N4O4S/c1-20-16-6-5-15(10-17(16)21(2)18(20)23)27(24,25)22-9-7-14(12-22)26-13-4-3-8-19-11-13/h3-6,8,10-11,14H,7,9,12H2,1-2H3/t14-/m1/s1. The minimum Gasteiger partial charge on any atom is -0.487 e. The van der Waals surface area contributed by atoms with Crippen molar-refractivity contribution >= 4 is 21.1 Å². The zero-order valence-corrected chi connectivity index (χ0v) is 15.9. The number of benzene rings is 1. The van der Waals surface area contributed by atoms with Crippen molar-refractivity contribution in [1.82, 2.24) is 18.4 Å². The van der Waals surface area contributed by atoms with E-state index in [1.807, 2.05) is 0 Å². The van der Waals surface area contributed by atoms with Crippen molar-refractivity contribution in [2.45, 2.75) is 17.4 Å². The number of sulfonamides is 1. The highest BCUT2D eigenvalue weighted by Gasteiger charge is 2.34. The molecule has 0 aliphatic carbocycles. The van der Waals surface area contributed by atoms with Crippen molar-refractivity contribution in [3.63, 3.8) is 0 Å². The third-order valence-electron chi connectivity index (χ3n) is 4.93. The molecule has 1 aliphatic rings. The van der Waals surface area contributed by atoms with Crippen molar-refractivity contribution in [1.29, 1.82) is 0 Å². The van der Waals surface area contributed by atoms with Crippen LogP contribution in [-0.4, -0.2) is 46.0 Å². The van der Waals surface area contributed by atoms with Gasteiger partial charge in [0.25, 0.3) is 0 Å². The molecule has 4 rings (SSSR count). The molecule has 27 heavy (non-hydrogen) atoms. The molecule has 0 amide bonds. The minimum atomic E-state index is -3.66. The Labute approximate surface area is 156 Å². The van der Waals surface area contributed by atoms with Crippen LogP contribution in [0.4, 0.5) is 0 Å². The Hall–Kier alpha value is -2.65. The number of imidazole rings is 1. The summed E-state index contributed by atoms with van der Waals surface area (Å²) in [6.45, 7) is 0.669. The number of hydrogen-bond donors (Lipinski definition) is 0. The number of aromatic nitrogens is 3. The third-order valence-corrected chi connectivity index (χ3v) is 6.79. The molecule has 1 aromatic carbocycles. The fraction of sp³-hybridized carbons (Fsp3) is 0.333. The van der Waals surface area contributed by atoms with Crippen molar-refractivity contribution in [2.24, 2.45) is 14.1 Å². The molecule has 3 aromatic rings. The molecule has 0 bridgehead atoms. The topological polar surface area (TPSA) is 86.4 Å². The minimum absolute atomic E-state index is 0.179. The van der Waals surface area contributed by atoms with E-state index in [2.05, 4.69) is 4.98 Å². The maximum Gasteiger partial charge on any atom is 0.328 e. The van der Waals surface area contributed by atoms with Crippen LogP contribution >= 0.6 is 0 Å². The molecule has 1 atom stereocenters. The first-order valence-corrected chi connectivity index (χ1v) is 10.0. The summed E-state index contributed by atoms with van der Waals surface area (Å²) in [5.41, 5.74) is 1.09. The summed E-state index contributed by atoms with van der Waals surface area (Å²) in [5.74, 6) is 0.627. The van der Waals surface area contributed by atoms with Gasteiger partial charge in [-0.2, -0.15) is 4.31 Å². The van der Waals surface area contributed by atoms with E-state index in [1.54, 1.807) is 56.8 Å². The smallest absolute Gasteiger partial charge is 0.328 e. The van der Waals surface area contributed by atoms with Crippen LogP contribution in [0.5, 0.6) is 5.75 Å². The highest BCUT2D eigenvalue weighted by Crippen LogP contribution is 2.26. The summed E-state index contributed by atoms with van der Waals surface area (Å²) >= 11 is 0. The Balaban J connectivity index is 1.59. The maximum atomic E-state index is 13.0. The molecule has 0 unspecified atom stereocenters. The van der Waals surface area contributed by atoms with Crippen LogP contribution in [0.1, 0.15) is 6.42 Å². The van der Waals surface area contributed by atoms with E-state index in [-0.39, 0.29) is 23.2 Å². The van der Waals surface area contributed by atoms with Crippen LogP contribution < -0.4 is 10.4 Å². The largest absolute Gasteiger partial charge is 0.487 e. The van der Waals surface area contributed by atoms with E-state index in [1.165, 1.54) is 13.4 Å². The van der Waals surface area contributed by atoms with Crippen molar-refractivity contribution < 1.29 is 13.2 Å². The molecule has 8 nitrogen and oxygen atoms in total. The Bertz CT molecular complexity index is 1150. The number of fused-ring (bicyclic) bond motifs is 1. The first kappa shape index (κ1) is 17.7. The van der Waals surface area contributed by atoms with Crippen molar-refractivity contribution in [3.05, 3.63) is 53.2 Å². The number of rotatable bonds is 4. The van der Waals surface area contributed by atoms with Crippen molar-refractivity contribution in [2.75, 3.05) is 13.1 Å². The molecule has 0 saturated carbocycles. The first-order valence-electron chi connectivity index (χ1n) is 8.60. The molecule has 2 aromatic heterocycles. The predicted molar refractivity (Wildman–Crippen MR) is 100 cm³/mol. The van der Waals surface area contributed by atoms with Crippen LogP contribution in [0, 0.1) is 0 Å². The lowest BCUT2D eigenvalue weighted by Gasteiger charge is -2.17. The van der Waals surface area contributed by atoms with Gasteiger partial charge in [0.1, 0.15) is 11.9 Å². The van der Waals surface area contributed by atoms with Crippen LogP contribution in [0.2, 0.25) is 0 Å². The molecule has 1 fully saturated rings. The van der Waals surface area contributed by atoms with E-state index in [4.69, 9.17) is 4.74 Å². The second kappa shape index (κ2) is 6.50. The van der Waals surface area contributed by atoms with E-state index in [9.17, 15) is 13.2 Å². The van der Waals surface area contributed by atoms with Gasteiger partial charge in [-0.3, -0.25) is 14.1 Å². The second-order valence-electron chi connectivity index (χ2n) is 6.63. The molecule has 1 aliphatic heterocycles. The van der Waals surface area contributed by atoms with Gasteiger partial charge < -0.3 is 4.74 Å². The Morgan fingerprint density at radius 1 is 1.15 bits per heavy atom. The van der Waals surface area contributed by atoms with Gasteiger partial charge in [-0.05, 0) is 36.8 Å². The Morgan fingerprint density at radius 2 is 1.93 bits per heavy atom. The molecule has 0 radical (unpaired) electrons. The quantitative estimate of drug-likeness (QED) is 0.668. The van der Waals surface area contributed by atoms with Crippen LogP contribution in [0.3, 0.4) is 0 Å². The summed E-state index contributed by atoms with van der Waals surface area (Å²) in [6.07, 6.45) is 3.67. The van der Waals surface area contributed by atoms with Crippen LogP contribution in [-0.2, 0) is 24.1 Å². The molecule has 3 heterocycles. The summed E-state index contributed by atoms with van der Waals surface area (Å²) in [4.78, 5) is 16.2. The highest BCUT2D eigenvalue weighted by atomic mass is 32.2. The maximum absolute atomic E-state index is 13.0. The molecular weight excluding hydrogens is 368 g/mol. The molecule has 1 saturated heterocycles. The number of aryl methyl sites for hydroxylation is 2.